The number of halogens is 3. The maximum Gasteiger partial charge on any atom is 0.142 e. The largest absolute Gasteiger partial charge is 0.487 e. The van der Waals surface area contributed by atoms with Gasteiger partial charge in [0.15, 0.2) is 0 Å². The van der Waals surface area contributed by atoms with Gasteiger partial charge in [-0.05, 0) is 94.4 Å². The summed E-state index contributed by atoms with van der Waals surface area (Å²) in [5, 5.41) is 3.99. The van der Waals surface area contributed by atoms with Crippen LogP contribution in [0.1, 0.15) is 49.4 Å². The van der Waals surface area contributed by atoms with Crippen LogP contribution >= 0.6 is 23.2 Å². The molecule has 5 rings (SSSR count). The number of ether oxygens (including phenoxy) is 2. The minimum Gasteiger partial charge on any atom is -0.487 e. The Morgan fingerprint density at radius 1 is 1.17 bits per heavy atom. The van der Waals surface area contributed by atoms with E-state index in [0.717, 1.165) is 66.9 Å². The van der Waals surface area contributed by atoms with E-state index in [4.69, 9.17) is 32.7 Å². The van der Waals surface area contributed by atoms with E-state index in [1.807, 2.05) is 26.1 Å². The van der Waals surface area contributed by atoms with Gasteiger partial charge in [-0.3, -0.25) is 4.98 Å². The highest BCUT2D eigenvalue weighted by atomic mass is 35.5. The third-order valence-electron chi connectivity index (χ3n) is 7.45. The summed E-state index contributed by atoms with van der Waals surface area (Å²) >= 11 is 12.6. The zero-order chi connectivity index (χ0) is 24.7. The average molecular weight is 517 g/mol. The van der Waals surface area contributed by atoms with Gasteiger partial charge in [0.25, 0.3) is 0 Å². The second kappa shape index (κ2) is 9.76. The second-order valence-electron chi connectivity index (χ2n) is 9.89. The number of alkyl halides is 1. The molecule has 1 saturated heterocycles. The van der Waals surface area contributed by atoms with E-state index >= 15 is 0 Å². The summed E-state index contributed by atoms with van der Waals surface area (Å²) in [5.74, 6) is 1.63. The van der Waals surface area contributed by atoms with Gasteiger partial charge in [0.05, 0.1) is 10.7 Å². The molecule has 7 heteroatoms. The first-order valence-corrected chi connectivity index (χ1v) is 13.1. The minimum atomic E-state index is -1.25. The van der Waals surface area contributed by atoms with Crippen molar-refractivity contribution in [1.29, 1.82) is 0 Å². The Hall–Kier alpha value is -2.08. The third-order valence-corrected chi connectivity index (χ3v) is 8.25. The van der Waals surface area contributed by atoms with E-state index in [1.54, 1.807) is 6.08 Å². The maximum absolute atomic E-state index is 14.2. The molecule has 3 heterocycles. The number of fused-ring (bicyclic) bond motifs is 1. The number of nitrogens with one attached hydrogen (secondary N) is 1. The quantitative estimate of drug-likeness (QED) is 0.477. The number of nitrogens with zero attached hydrogens (tertiary/aromatic N) is 1. The Bertz CT molecular complexity index is 1200. The molecule has 4 nitrogen and oxygen atoms in total. The van der Waals surface area contributed by atoms with Crippen molar-refractivity contribution in [3.05, 3.63) is 62.9 Å². The van der Waals surface area contributed by atoms with Crippen molar-refractivity contribution in [2.75, 3.05) is 13.1 Å². The topological polar surface area (TPSA) is 43.4 Å². The van der Waals surface area contributed by atoms with Crippen molar-refractivity contribution >= 4 is 23.2 Å². The monoisotopic (exact) mass is 516 g/mol. The lowest BCUT2D eigenvalue weighted by atomic mass is 9.83. The number of benzene rings is 1. The number of hydrogen-bond acceptors (Lipinski definition) is 4. The molecule has 1 aliphatic carbocycles. The SMILES string of the molecule is Cc1cc2c(cc1-c1cnc(C)c(O[C@H](C)C3=C(Cl)C(F)CC=C3Cl)c1)CCC1(CCNCC1)O2. The van der Waals surface area contributed by atoms with E-state index in [0.29, 0.717) is 16.4 Å². The fraction of sp³-hybridized carbons (Fsp3) is 0.464. The lowest BCUT2D eigenvalue weighted by molar-refractivity contribution is 0.0170. The van der Waals surface area contributed by atoms with Crippen molar-refractivity contribution in [2.45, 2.75) is 70.8 Å². The molecular formula is C28H31Cl2FN2O2. The molecule has 1 spiro atoms. The fourth-order valence-electron chi connectivity index (χ4n) is 5.33. The van der Waals surface area contributed by atoms with Crippen LogP contribution in [-0.2, 0) is 6.42 Å². The first kappa shape index (κ1) is 24.6. The summed E-state index contributed by atoms with van der Waals surface area (Å²) in [6.45, 7) is 7.85. The Labute approximate surface area is 216 Å². The highest BCUT2D eigenvalue weighted by Gasteiger charge is 2.37. The fourth-order valence-corrected chi connectivity index (χ4v) is 6.07. The van der Waals surface area contributed by atoms with Crippen molar-refractivity contribution in [3.8, 4) is 22.6 Å². The van der Waals surface area contributed by atoms with E-state index in [2.05, 4.69) is 29.4 Å². The summed E-state index contributed by atoms with van der Waals surface area (Å²) in [7, 11) is 0. The molecule has 2 atom stereocenters. The van der Waals surface area contributed by atoms with Gasteiger partial charge in [0.2, 0.25) is 0 Å². The van der Waals surface area contributed by atoms with Gasteiger partial charge in [0.1, 0.15) is 29.4 Å². The molecule has 2 aromatic rings. The van der Waals surface area contributed by atoms with Gasteiger partial charge in [-0.15, -0.1) is 0 Å². The number of hydrogen-bond donors (Lipinski definition) is 1. The smallest absolute Gasteiger partial charge is 0.142 e. The predicted octanol–water partition coefficient (Wildman–Crippen LogP) is 6.94. The van der Waals surface area contributed by atoms with Crippen LogP contribution in [0.15, 0.2) is 46.1 Å². The number of aryl methyl sites for hydroxylation is 3. The normalized spacial score (nSPS) is 22.3. The van der Waals surface area contributed by atoms with Crippen LogP contribution in [0.2, 0.25) is 0 Å². The van der Waals surface area contributed by atoms with Gasteiger partial charge in [-0.25, -0.2) is 4.39 Å². The van der Waals surface area contributed by atoms with Gasteiger partial charge in [0, 0.05) is 28.8 Å². The van der Waals surface area contributed by atoms with E-state index in [9.17, 15) is 4.39 Å². The van der Waals surface area contributed by atoms with Crippen molar-refractivity contribution in [2.24, 2.45) is 0 Å². The van der Waals surface area contributed by atoms with Crippen molar-refractivity contribution in [3.63, 3.8) is 0 Å². The summed E-state index contributed by atoms with van der Waals surface area (Å²) in [4.78, 5) is 4.59. The Balaban J connectivity index is 1.42. The number of pyridine rings is 1. The van der Waals surface area contributed by atoms with Gasteiger partial charge in [-0.1, -0.05) is 29.3 Å². The second-order valence-corrected chi connectivity index (χ2v) is 10.7. The van der Waals surface area contributed by atoms with Crippen LogP contribution in [0.25, 0.3) is 11.1 Å². The van der Waals surface area contributed by atoms with Crippen molar-refractivity contribution < 1.29 is 13.9 Å². The highest BCUT2D eigenvalue weighted by Crippen LogP contribution is 2.42. The molecule has 0 amide bonds. The number of piperidine rings is 1. The van der Waals surface area contributed by atoms with Crippen LogP contribution in [0.4, 0.5) is 4.39 Å². The minimum absolute atomic E-state index is 0.0296. The maximum atomic E-state index is 14.2. The number of aromatic nitrogens is 1. The summed E-state index contributed by atoms with van der Waals surface area (Å²) in [5.41, 5.74) is 5.64. The molecule has 35 heavy (non-hydrogen) atoms. The number of rotatable bonds is 4. The molecular weight excluding hydrogens is 486 g/mol. The molecule has 2 aliphatic heterocycles. The number of allylic oxidation sites excluding steroid dienone is 2. The Morgan fingerprint density at radius 2 is 1.94 bits per heavy atom. The van der Waals surface area contributed by atoms with Crippen LogP contribution < -0.4 is 14.8 Å². The zero-order valence-electron chi connectivity index (χ0n) is 20.4. The van der Waals surface area contributed by atoms with Crippen molar-refractivity contribution in [1.82, 2.24) is 10.3 Å². The summed E-state index contributed by atoms with van der Waals surface area (Å²) < 4.78 is 27.0. The molecule has 1 aromatic carbocycles. The Morgan fingerprint density at radius 3 is 2.71 bits per heavy atom. The van der Waals surface area contributed by atoms with Crippen LogP contribution in [-0.4, -0.2) is 36.0 Å². The van der Waals surface area contributed by atoms with Gasteiger partial charge in [-0.2, -0.15) is 0 Å². The van der Waals surface area contributed by atoms with E-state index < -0.39 is 12.3 Å². The van der Waals surface area contributed by atoms with Crippen LogP contribution in [0.5, 0.6) is 11.5 Å². The first-order valence-electron chi connectivity index (χ1n) is 12.3. The molecule has 186 valence electrons. The molecule has 1 unspecified atom stereocenters. The van der Waals surface area contributed by atoms with E-state index in [-0.39, 0.29) is 17.1 Å². The molecule has 3 aliphatic rings. The molecule has 0 radical (unpaired) electrons. The summed E-state index contributed by atoms with van der Waals surface area (Å²) in [6.07, 6.45) is 6.09. The highest BCUT2D eigenvalue weighted by molar-refractivity contribution is 6.36. The van der Waals surface area contributed by atoms with Gasteiger partial charge >= 0.3 is 0 Å². The summed E-state index contributed by atoms with van der Waals surface area (Å²) in [6, 6.07) is 6.38. The first-order chi connectivity index (χ1) is 16.8. The predicted molar refractivity (Wildman–Crippen MR) is 139 cm³/mol. The molecule has 1 aromatic heterocycles. The van der Waals surface area contributed by atoms with Gasteiger partial charge < -0.3 is 14.8 Å². The Kier molecular flexibility index (Phi) is 6.86. The van der Waals surface area contributed by atoms with E-state index in [1.165, 1.54) is 5.56 Å². The average Bonchev–Trinajstić information content (AvgIpc) is 2.83. The molecule has 0 saturated carbocycles. The zero-order valence-corrected chi connectivity index (χ0v) is 21.9. The molecule has 1 fully saturated rings. The van der Waals surface area contributed by atoms with Crippen LogP contribution in [0, 0.1) is 13.8 Å². The lowest BCUT2D eigenvalue weighted by Gasteiger charge is -2.42. The standard InChI is InChI=1S/C28H31Cl2FN2O2/c1-16-12-25-19(6-7-28(35-25)8-10-32-11-9-28)13-21(16)20-14-24(17(2)33-15-20)34-18(3)26-22(29)4-5-23(31)27(26)30/h4,12-15,18,23,32H,5-11H2,1-3H3/t18-,23?/m1/s1. The molecule has 1 N–H and O–H groups in total. The lowest BCUT2D eigenvalue weighted by Crippen LogP contribution is -2.48. The third kappa shape index (κ3) is 4.83. The van der Waals surface area contributed by atoms with Crippen LogP contribution in [0.3, 0.4) is 0 Å². The molecule has 0 bridgehead atoms.